The molecule has 1 rings (SSSR count). The van der Waals surface area contributed by atoms with E-state index in [2.05, 4.69) is 0 Å². The van der Waals surface area contributed by atoms with E-state index < -0.39 is 18.3 Å². The average molecular weight is 219 g/mol. The fraction of sp³-hybridized carbons (Fsp3) is 0.500. The molecule has 1 aliphatic heterocycles. The highest BCUT2D eigenvalue weighted by Gasteiger charge is 2.37. The first-order chi connectivity index (χ1) is 6.95. The van der Waals surface area contributed by atoms with Crippen molar-refractivity contribution in [2.75, 3.05) is 13.1 Å². The van der Waals surface area contributed by atoms with Crippen LogP contribution in [-0.4, -0.2) is 61.8 Å². The third-order valence-electron chi connectivity index (χ3n) is 1.81. The molecule has 9 nitrogen and oxygen atoms in total. The lowest BCUT2D eigenvalue weighted by molar-refractivity contribution is -0.142. The lowest BCUT2D eigenvalue weighted by atomic mass is 10.4. The molecular weight excluding hydrogens is 210 g/mol. The average Bonchev–Trinajstić information content (AvgIpc) is 2.16. The van der Waals surface area contributed by atoms with Crippen LogP contribution in [0.4, 0.5) is 14.4 Å². The van der Waals surface area contributed by atoms with Crippen molar-refractivity contribution in [1.29, 1.82) is 0 Å². The maximum Gasteiger partial charge on any atom is 0.446 e. The molecule has 0 radical (unpaired) electrons. The zero-order valence-electron chi connectivity index (χ0n) is 7.53. The summed E-state index contributed by atoms with van der Waals surface area (Å²) in [4.78, 5) is 32.0. The number of amides is 3. The van der Waals surface area contributed by atoms with E-state index in [1.54, 1.807) is 0 Å². The Bertz CT molecular complexity index is 283. The van der Waals surface area contributed by atoms with Crippen LogP contribution in [0.1, 0.15) is 6.42 Å². The molecule has 84 valence electrons. The molecule has 0 aliphatic carbocycles. The largest absolute Gasteiger partial charge is 0.464 e. The fourth-order valence-electron chi connectivity index (χ4n) is 1.25. The van der Waals surface area contributed by atoms with Gasteiger partial charge in [0.1, 0.15) is 0 Å². The van der Waals surface area contributed by atoms with E-state index in [9.17, 15) is 14.4 Å². The predicted octanol–water partition coefficient (Wildman–Crippen LogP) is 0.160. The third kappa shape index (κ3) is 2.00. The monoisotopic (exact) mass is 219 g/mol. The number of hydrazine groups is 2. The molecule has 0 aromatic rings. The first kappa shape index (κ1) is 10.9. The maximum absolute atomic E-state index is 10.7. The van der Waals surface area contributed by atoms with Gasteiger partial charge in [-0.15, -0.1) is 5.12 Å². The number of carbonyl (C=O) groups is 3. The van der Waals surface area contributed by atoms with Gasteiger partial charge >= 0.3 is 18.3 Å². The molecular formula is C6H9N3O6. The van der Waals surface area contributed by atoms with Gasteiger partial charge in [-0.05, 0) is 6.42 Å². The summed E-state index contributed by atoms with van der Waals surface area (Å²) in [5, 5.41) is 27.0. The van der Waals surface area contributed by atoms with Gasteiger partial charge in [0.25, 0.3) is 0 Å². The van der Waals surface area contributed by atoms with E-state index in [0.29, 0.717) is 10.0 Å². The van der Waals surface area contributed by atoms with Crippen LogP contribution in [0.15, 0.2) is 0 Å². The smallest absolute Gasteiger partial charge is 0.446 e. The van der Waals surface area contributed by atoms with E-state index in [4.69, 9.17) is 15.3 Å². The Hall–Kier alpha value is -2.19. The number of nitrogens with zero attached hydrogens (tertiary/aromatic N) is 3. The molecule has 15 heavy (non-hydrogen) atoms. The van der Waals surface area contributed by atoms with Crippen molar-refractivity contribution < 1.29 is 29.7 Å². The zero-order chi connectivity index (χ0) is 11.6. The van der Waals surface area contributed by atoms with Gasteiger partial charge < -0.3 is 15.3 Å². The van der Waals surface area contributed by atoms with Gasteiger partial charge in [0, 0.05) is 13.1 Å². The normalized spacial score (nSPS) is 16.4. The lowest BCUT2D eigenvalue weighted by Gasteiger charge is -2.40. The van der Waals surface area contributed by atoms with Crippen molar-refractivity contribution >= 4 is 18.3 Å². The van der Waals surface area contributed by atoms with Crippen LogP contribution in [0, 0.1) is 0 Å². The molecule has 9 heteroatoms. The molecule has 1 heterocycles. The molecule has 3 amide bonds. The Labute approximate surface area is 83.6 Å². The summed E-state index contributed by atoms with van der Waals surface area (Å²) in [6.07, 6.45) is -4.42. The Morgan fingerprint density at radius 1 is 0.800 bits per heavy atom. The van der Waals surface area contributed by atoms with E-state index in [-0.39, 0.29) is 24.6 Å². The number of carboxylic acid groups (broad SMARTS) is 3. The summed E-state index contributed by atoms with van der Waals surface area (Å²) in [7, 11) is 0. The minimum atomic E-state index is -1.65. The Balaban J connectivity index is 2.95. The number of hydrogen-bond donors (Lipinski definition) is 3. The van der Waals surface area contributed by atoms with Gasteiger partial charge in [-0.25, -0.2) is 14.4 Å². The van der Waals surface area contributed by atoms with Gasteiger partial charge in [0.05, 0.1) is 0 Å². The van der Waals surface area contributed by atoms with Crippen molar-refractivity contribution in [1.82, 2.24) is 15.1 Å². The SMILES string of the molecule is O=C(O)N1CCCN(C(=O)O)N1C(=O)O. The quantitative estimate of drug-likeness (QED) is 0.533. The minimum absolute atomic E-state index is 0.0502. The molecule has 1 saturated heterocycles. The van der Waals surface area contributed by atoms with Crippen molar-refractivity contribution in [3.8, 4) is 0 Å². The van der Waals surface area contributed by atoms with Gasteiger partial charge in [-0.2, -0.15) is 10.0 Å². The topological polar surface area (TPSA) is 122 Å². The molecule has 1 fully saturated rings. The summed E-state index contributed by atoms with van der Waals surface area (Å²) in [6.45, 7) is -0.100. The second-order valence-electron chi connectivity index (χ2n) is 2.74. The lowest BCUT2D eigenvalue weighted by Crippen LogP contribution is -2.62. The van der Waals surface area contributed by atoms with Crippen LogP contribution in [0.2, 0.25) is 0 Å². The van der Waals surface area contributed by atoms with Crippen molar-refractivity contribution in [3.05, 3.63) is 0 Å². The number of rotatable bonds is 0. The summed E-state index contributed by atoms with van der Waals surface area (Å²) in [5.41, 5.74) is 0. The van der Waals surface area contributed by atoms with Gasteiger partial charge in [0.2, 0.25) is 0 Å². The Kier molecular flexibility index (Phi) is 2.83. The van der Waals surface area contributed by atoms with Crippen LogP contribution in [0.3, 0.4) is 0 Å². The van der Waals surface area contributed by atoms with Gasteiger partial charge in [-0.3, -0.25) is 0 Å². The molecule has 0 bridgehead atoms. The van der Waals surface area contributed by atoms with Crippen LogP contribution in [0.25, 0.3) is 0 Å². The van der Waals surface area contributed by atoms with Crippen LogP contribution in [0.5, 0.6) is 0 Å². The predicted molar refractivity (Wildman–Crippen MR) is 43.9 cm³/mol. The molecule has 0 aromatic carbocycles. The maximum atomic E-state index is 10.7. The first-order valence-corrected chi connectivity index (χ1v) is 3.99. The van der Waals surface area contributed by atoms with Gasteiger partial charge in [-0.1, -0.05) is 0 Å². The van der Waals surface area contributed by atoms with Crippen molar-refractivity contribution in [2.24, 2.45) is 0 Å². The summed E-state index contributed by atoms with van der Waals surface area (Å²) in [5.74, 6) is 0. The summed E-state index contributed by atoms with van der Waals surface area (Å²) in [6, 6.07) is 0. The fourth-order valence-corrected chi connectivity index (χ4v) is 1.25. The Morgan fingerprint density at radius 3 is 1.47 bits per heavy atom. The van der Waals surface area contributed by atoms with E-state index in [0.717, 1.165) is 0 Å². The molecule has 0 spiro atoms. The summed E-state index contributed by atoms with van der Waals surface area (Å²) < 4.78 is 0. The van der Waals surface area contributed by atoms with Gasteiger partial charge in [0.15, 0.2) is 0 Å². The zero-order valence-corrected chi connectivity index (χ0v) is 7.53. The van der Waals surface area contributed by atoms with Crippen molar-refractivity contribution in [3.63, 3.8) is 0 Å². The van der Waals surface area contributed by atoms with Crippen molar-refractivity contribution in [2.45, 2.75) is 6.42 Å². The molecule has 1 aliphatic rings. The minimum Gasteiger partial charge on any atom is -0.464 e. The van der Waals surface area contributed by atoms with E-state index in [1.165, 1.54) is 0 Å². The molecule has 0 atom stereocenters. The molecule has 3 N–H and O–H groups in total. The molecule has 0 unspecified atom stereocenters. The molecule has 0 saturated carbocycles. The highest BCUT2D eigenvalue weighted by molar-refractivity contribution is 5.75. The summed E-state index contributed by atoms with van der Waals surface area (Å²) >= 11 is 0. The first-order valence-electron chi connectivity index (χ1n) is 3.99. The highest BCUT2D eigenvalue weighted by Crippen LogP contribution is 2.13. The Morgan fingerprint density at radius 2 is 1.20 bits per heavy atom. The molecule has 0 aromatic heterocycles. The standard InChI is InChI=1S/C6H9N3O6/c10-4(11)7-2-1-3-8(5(12)13)9(7)6(14)15/h1-3H2,(H,10,11)(H,12,13)(H,14,15). The van der Waals surface area contributed by atoms with Crippen LogP contribution in [-0.2, 0) is 0 Å². The third-order valence-corrected chi connectivity index (χ3v) is 1.81. The number of hydrogen-bond acceptors (Lipinski definition) is 3. The van der Waals surface area contributed by atoms with Crippen LogP contribution >= 0.6 is 0 Å². The highest BCUT2D eigenvalue weighted by atomic mass is 16.5. The van der Waals surface area contributed by atoms with E-state index in [1.807, 2.05) is 0 Å². The van der Waals surface area contributed by atoms with E-state index >= 15 is 0 Å². The second-order valence-corrected chi connectivity index (χ2v) is 2.74. The second kappa shape index (κ2) is 3.90. The van der Waals surface area contributed by atoms with Crippen LogP contribution < -0.4 is 0 Å².